The lowest BCUT2D eigenvalue weighted by Gasteiger charge is -2.10. The van der Waals surface area contributed by atoms with Crippen LogP contribution in [0.4, 0.5) is 20.2 Å². The van der Waals surface area contributed by atoms with Gasteiger partial charge >= 0.3 is 0 Å². The van der Waals surface area contributed by atoms with E-state index in [1.54, 1.807) is 42.5 Å². The predicted octanol–water partition coefficient (Wildman–Crippen LogP) is 4.66. The van der Waals surface area contributed by atoms with Gasteiger partial charge in [0.05, 0.1) is 5.56 Å². The summed E-state index contributed by atoms with van der Waals surface area (Å²) in [6, 6.07) is 14.3. The summed E-state index contributed by atoms with van der Waals surface area (Å²) in [6.07, 6.45) is 0. The fraction of sp³-hybridized carbons (Fsp3) is 0. The van der Waals surface area contributed by atoms with Crippen LogP contribution in [-0.4, -0.2) is 11.0 Å². The molecule has 0 aromatic heterocycles. The van der Waals surface area contributed by atoms with E-state index in [0.29, 0.717) is 17.4 Å². The number of anilines is 2. The number of carbonyl (C=O) groups is 1. The summed E-state index contributed by atoms with van der Waals surface area (Å²) >= 11 is 1.40. The van der Waals surface area contributed by atoms with Crippen molar-refractivity contribution in [2.45, 2.75) is 9.79 Å². The average Bonchev–Trinajstić information content (AvgIpc) is 2.59. The van der Waals surface area contributed by atoms with Crippen LogP contribution >= 0.6 is 11.8 Å². The molecule has 0 aliphatic carbocycles. The molecule has 0 atom stereocenters. The Labute approximate surface area is 152 Å². The quantitative estimate of drug-likeness (QED) is 0.583. The predicted molar refractivity (Wildman–Crippen MR) is 97.4 cm³/mol. The number of phenolic OH excluding ortho intramolecular Hbond substituents is 1. The van der Waals surface area contributed by atoms with Gasteiger partial charge in [-0.3, -0.25) is 4.79 Å². The molecular formula is C19H14F2N2O2S. The molecule has 0 bridgehead atoms. The summed E-state index contributed by atoms with van der Waals surface area (Å²) in [5, 5.41) is 11.8. The van der Waals surface area contributed by atoms with Gasteiger partial charge in [-0.15, -0.1) is 0 Å². The van der Waals surface area contributed by atoms with E-state index in [2.05, 4.69) is 5.32 Å². The molecule has 132 valence electrons. The highest BCUT2D eigenvalue weighted by Crippen LogP contribution is 2.34. The average molecular weight is 372 g/mol. The van der Waals surface area contributed by atoms with E-state index in [9.17, 15) is 18.7 Å². The molecule has 0 aliphatic rings. The van der Waals surface area contributed by atoms with Gasteiger partial charge in [-0.2, -0.15) is 0 Å². The molecule has 0 heterocycles. The monoisotopic (exact) mass is 372 g/mol. The molecule has 3 rings (SSSR count). The first-order chi connectivity index (χ1) is 12.4. The number of halogens is 2. The lowest BCUT2D eigenvalue weighted by atomic mass is 10.2. The zero-order valence-corrected chi connectivity index (χ0v) is 14.2. The van der Waals surface area contributed by atoms with Gasteiger partial charge in [0.15, 0.2) is 0 Å². The van der Waals surface area contributed by atoms with Crippen molar-refractivity contribution in [3.05, 3.63) is 77.9 Å². The maximum atomic E-state index is 13.7. The van der Waals surface area contributed by atoms with Crippen LogP contribution in [0.2, 0.25) is 0 Å². The fourth-order valence-corrected chi connectivity index (χ4v) is 3.07. The molecule has 0 fully saturated rings. The molecule has 4 N–H and O–H groups in total. The molecular weight excluding hydrogens is 358 g/mol. The molecule has 3 aromatic carbocycles. The number of aromatic hydroxyl groups is 1. The van der Waals surface area contributed by atoms with Crippen LogP contribution in [0.5, 0.6) is 5.75 Å². The number of hydrogen-bond donors (Lipinski definition) is 3. The van der Waals surface area contributed by atoms with E-state index in [4.69, 9.17) is 5.73 Å². The van der Waals surface area contributed by atoms with Gasteiger partial charge in [0.25, 0.3) is 5.91 Å². The fourth-order valence-electron chi connectivity index (χ4n) is 2.23. The number of phenols is 1. The topological polar surface area (TPSA) is 75.3 Å². The van der Waals surface area contributed by atoms with Crippen molar-refractivity contribution in [3.63, 3.8) is 0 Å². The lowest BCUT2D eigenvalue weighted by molar-refractivity contribution is 0.102. The Hall–Kier alpha value is -3.06. The smallest absolute Gasteiger partial charge is 0.258 e. The molecule has 3 aromatic rings. The Balaban J connectivity index is 1.74. The number of rotatable bonds is 4. The molecule has 0 spiro atoms. The van der Waals surface area contributed by atoms with Gasteiger partial charge in [0.1, 0.15) is 17.4 Å². The number of carbonyl (C=O) groups excluding carboxylic acids is 1. The van der Waals surface area contributed by atoms with Gasteiger partial charge in [0, 0.05) is 27.2 Å². The van der Waals surface area contributed by atoms with Crippen LogP contribution in [-0.2, 0) is 0 Å². The molecule has 1 amide bonds. The summed E-state index contributed by atoms with van der Waals surface area (Å²) < 4.78 is 26.6. The Morgan fingerprint density at radius 1 is 1.00 bits per heavy atom. The molecule has 0 saturated heterocycles. The second kappa shape index (κ2) is 7.45. The summed E-state index contributed by atoms with van der Waals surface area (Å²) in [4.78, 5) is 13.8. The van der Waals surface area contributed by atoms with Gasteiger partial charge < -0.3 is 16.2 Å². The molecule has 0 aliphatic heterocycles. The summed E-state index contributed by atoms with van der Waals surface area (Å²) in [7, 11) is 0. The summed E-state index contributed by atoms with van der Waals surface area (Å²) in [6.45, 7) is 0. The first kappa shape index (κ1) is 17.8. The zero-order chi connectivity index (χ0) is 18.7. The van der Waals surface area contributed by atoms with E-state index in [1.165, 1.54) is 11.8 Å². The molecule has 26 heavy (non-hydrogen) atoms. The second-order valence-corrected chi connectivity index (χ2v) is 6.54. The van der Waals surface area contributed by atoms with Crippen LogP contribution in [0.25, 0.3) is 0 Å². The molecule has 0 unspecified atom stereocenters. The Kier molecular flexibility index (Phi) is 5.09. The second-order valence-electron chi connectivity index (χ2n) is 5.43. The first-order valence-electron chi connectivity index (χ1n) is 7.55. The molecule has 0 radical (unpaired) electrons. The standard InChI is InChI=1S/C19H14F2N2O2S/c20-11-1-7-15(16(21)9-11)19(25)23-12-2-8-18(17(22)10-12)26-14-5-3-13(24)4-6-14/h1-10,24H,22H2,(H,23,25). The highest BCUT2D eigenvalue weighted by molar-refractivity contribution is 7.99. The molecule has 4 nitrogen and oxygen atoms in total. The van der Waals surface area contributed by atoms with E-state index in [0.717, 1.165) is 21.9 Å². The van der Waals surface area contributed by atoms with Gasteiger partial charge in [0.2, 0.25) is 0 Å². The highest BCUT2D eigenvalue weighted by Gasteiger charge is 2.13. The minimum Gasteiger partial charge on any atom is -0.508 e. The minimum absolute atomic E-state index is 0.174. The van der Waals surface area contributed by atoms with Crippen molar-refractivity contribution in [1.82, 2.24) is 0 Å². The number of nitrogens with one attached hydrogen (secondary N) is 1. The van der Waals surface area contributed by atoms with E-state index >= 15 is 0 Å². The normalized spacial score (nSPS) is 10.5. The van der Waals surface area contributed by atoms with Crippen molar-refractivity contribution in [1.29, 1.82) is 0 Å². The van der Waals surface area contributed by atoms with Crippen molar-refractivity contribution in [2.24, 2.45) is 0 Å². The Morgan fingerprint density at radius 2 is 1.73 bits per heavy atom. The maximum absolute atomic E-state index is 13.7. The third-order valence-corrected chi connectivity index (χ3v) is 4.61. The van der Waals surface area contributed by atoms with Crippen LogP contribution in [0.15, 0.2) is 70.5 Å². The largest absolute Gasteiger partial charge is 0.508 e. The van der Waals surface area contributed by atoms with Gasteiger partial charge in [-0.05, 0) is 54.6 Å². The van der Waals surface area contributed by atoms with Crippen molar-refractivity contribution >= 4 is 29.0 Å². The molecule has 0 saturated carbocycles. The summed E-state index contributed by atoms with van der Waals surface area (Å²) in [5.41, 5.74) is 6.59. The summed E-state index contributed by atoms with van der Waals surface area (Å²) in [5.74, 6) is -2.21. The third kappa shape index (κ3) is 4.12. The minimum atomic E-state index is -0.935. The third-order valence-electron chi connectivity index (χ3n) is 3.51. The van der Waals surface area contributed by atoms with Gasteiger partial charge in [-0.1, -0.05) is 11.8 Å². The first-order valence-corrected chi connectivity index (χ1v) is 8.37. The van der Waals surface area contributed by atoms with Gasteiger partial charge in [-0.25, -0.2) is 8.78 Å². The number of hydrogen-bond acceptors (Lipinski definition) is 4. The Bertz CT molecular complexity index is 962. The SMILES string of the molecule is Nc1cc(NC(=O)c2ccc(F)cc2F)ccc1Sc1ccc(O)cc1. The lowest BCUT2D eigenvalue weighted by Crippen LogP contribution is -2.14. The molecule has 7 heteroatoms. The maximum Gasteiger partial charge on any atom is 0.258 e. The van der Waals surface area contributed by atoms with Crippen LogP contribution in [0, 0.1) is 11.6 Å². The highest BCUT2D eigenvalue weighted by atomic mass is 32.2. The Morgan fingerprint density at radius 3 is 2.38 bits per heavy atom. The number of nitrogen functional groups attached to an aromatic ring is 1. The number of nitrogens with two attached hydrogens (primary N) is 1. The van der Waals surface area contributed by atoms with Crippen molar-refractivity contribution in [2.75, 3.05) is 11.1 Å². The van der Waals surface area contributed by atoms with Crippen molar-refractivity contribution in [3.8, 4) is 5.75 Å². The zero-order valence-electron chi connectivity index (χ0n) is 13.4. The number of amides is 1. The van der Waals surface area contributed by atoms with E-state index < -0.39 is 17.5 Å². The van der Waals surface area contributed by atoms with Crippen LogP contribution < -0.4 is 11.1 Å². The van der Waals surface area contributed by atoms with Crippen LogP contribution in [0.1, 0.15) is 10.4 Å². The van der Waals surface area contributed by atoms with Crippen molar-refractivity contribution < 1.29 is 18.7 Å². The number of benzene rings is 3. The van der Waals surface area contributed by atoms with Crippen LogP contribution in [0.3, 0.4) is 0 Å². The van der Waals surface area contributed by atoms with E-state index in [1.807, 2.05) is 0 Å². The van der Waals surface area contributed by atoms with E-state index in [-0.39, 0.29) is 11.3 Å².